The van der Waals surface area contributed by atoms with Gasteiger partial charge in [-0.3, -0.25) is 0 Å². The van der Waals surface area contributed by atoms with Crippen molar-refractivity contribution in [3.05, 3.63) is 23.4 Å². The third-order valence-corrected chi connectivity index (χ3v) is 2.39. The molecule has 0 radical (unpaired) electrons. The van der Waals surface area contributed by atoms with Crippen molar-refractivity contribution in [1.82, 2.24) is 4.98 Å². The number of nitrogens with zero attached hydrogens (tertiary/aromatic N) is 2. The predicted octanol–water partition coefficient (Wildman–Crippen LogP) is 1.56. The maximum absolute atomic E-state index is 5.67. The van der Waals surface area contributed by atoms with Crippen molar-refractivity contribution in [2.45, 2.75) is 26.3 Å². The van der Waals surface area contributed by atoms with E-state index >= 15 is 0 Å². The number of aryl methyl sites for hydroxylation is 1. The smallest absolute Gasteiger partial charge is 0.129 e. The van der Waals surface area contributed by atoms with Gasteiger partial charge in [-0.05, 0) is 24.1 Å². The van der Waals surface area contributed by atoms with Crippen molar-refractivity contribution in [2.75, 3.05) is 18.5 Å². The van der Waals surface area contributed by atoms with Crippen LogP contribution in [-0.4, -0.2) is 18.6 Å². The summed E-state index contributed by atoms with van der Waals surface area (Å²) in [7, 11) is 1.94. The van der Waals surface area contributed by atoms with Crippen LogP contribution in [0.15, 0.2) is 12.1 Å². The van der Waals surface area contributed by atoms with E-state index in [9.17, 15) is 0 Å². The lowest BCUT2D eigenvalue weighted by Crippen LogP contribution is -2.19. The number of rotatable bonds is 5. The molecule has 0 saturated heterocycles. The van der Waals surface area contributed by atoms with Crippen LogP contribution in [0.2, 0.25) is 0 Å². The molecular formula is C13H19N3. The zero-order valence-electron chi connectivity index (χ0n) is 10.0. The molecule has 1 aromatic rings. The minimum atomic E-state index is 0.538. The van der Waals surface area contributed by atoms with Gasteiger partial charge < -0.3 is 10.6 Å². The van der Waals surface area contributed by atoms with Crippen LogP contribution in [-0.2, 0) is 13.0 Å². The average Bonchev–Trinajstić information content (AvgIpc) is 2.29. The fraction of sp³-hybridized carbons (Fsp3) is 0.462. The largest absolute Gasteiger partial charge is 0.349 e. The first-order chi connectivity index (χ1) is 7.71. The monoisotopic (exact) mass is 217 g/mol. The molecule has 0 aromatic carbocycles. The Balaban J connectivity index is 2.99. The molecule has 0 aliphatic rings. The first-order valence-corrected chi connectivity index (χ1v) is 5.55. The number of nitrogens with two attached hydrogens (primary N) is 1. The number of terminal acetylenes is 1. The molecule has 16 heavy (non-hydrogen) atoms. The SMILES string of the molecule is C#CCN(C)c1cc(CN)cc(CCC)n1. The molecule has 3 heteroatoms. The van der Waals surface area contributed by atoms with Gasteiger partial charge in [0.1, 0.15) is 5.82 Å². The van der Waals surface area contributed by atoms with Gasteiger partial charge in [0.25, 0.3) is 0 Å². The maximum atomic E-state index is 5.67. The summed E-state index contributed by atoms with van der Waals surface area (Å²) in [6.07, 6.45) is 7.35. The molecule has 1 aromatic heterocycles. The van der Waals surface area contributed by atoms with Crippen LogP contribution in [0, 0.1) is 12.3 Å². The number of hydrogen-bond donors (Lipinski definition) is 1. The van der Waals surface area contributed by atoms with Gasteiger partial charge in [0.2, 0.25) is 0 Å². The van der Waals surface area contributed by atoms with E-state index < -0.39 is 0 Å². The first-order valence-electron chi connectivity index (χ1n) is 5.55. The van der Waals surface area contributed by atoms with Gasteiger partial charge in [-0.25, -0.2) is 4.98 Å². The average molecular weight is 217 g/mol. The molecule has 0 spiro atoms. The van der Waals surface area contributed by atoms with Crippen LogP contribution < -0.4 is 10.6 Å². The zero-order chi connectivity index (χ0) is 12.0. The van der Waals surface area contributed by atoms with Gasteiger partial charge in [0.15, 0.2) is 0 Å². The molecule has 1 rings (SSSR count). The molecular weight excluding hydrogens is 198 g/mol. The van der Waals surface area contributed by atoms with Crippen molar-refractivity contribution in [3.63, 3.8) is 0 Å². The minimum Gasteiger partial charge on any atom is -0.349 e. The van der Waals surface area contributed by atoms with Crippen molar-refractivity contribution in [1.29, 1.82) is 0 Å². The Bertz CT molecular complexity index is 379. The maximum Gasteiger partial charge on any atom is 0.129 e. The molecule has 0 aliphatic heterocycles. The highest BCUT2D eigenvalue weighted by molar-refractivity contribution is 5.43. The Kier molecular flexibility index (Phi) is 4.81. The molecule has 0 atom stereocenters. The Morgan fingerprint density at radius 3 is 2.81 bits per heavy atom. The first kappa shape index (κ1) is 12.5. The Morgan fingerprint density at radius 1 is 1.50 bits per heavy atom. The molecule has 0 aliphatic carbocycles. The highest BCUT2D eigenvalue weighted by Crippen LogP contribution is 2.14. The zero-order valence-corrected chi connectivity index (χ0v) is 10.0. The normalized spacial score (nSPS) is 9.88. The molecule has 2 N–H and O–H groups in total. The summed E-state index contributed by atoms with van der Waals surface area (Å²) in [6.45, 7) is 3.24. The number of pyridine rings is 1. The summed E-state index contributed by atoms with van der Waals surface area (Å²) in [5.41, 5.74) is 7.87. The molecule has 0 bridgehead atoms. The van der Waals surface area contributed by atoms with Crippen LogP contribution in [0.1, 0.15) is 24.6 Å². The van der Waals surface area contributed by atoms with E-state index in [0.717, 1.165) is 29.9 Å². The number of anilines is 1. The van der Waals surface area contributed by atoms with E-state index in [0.29, 0.717) is 13.1 Å². The molecule has 0 fully saturated rings. The van der Waals surface area contributed by atoms with Crippen LogP contribution in [0.3, 0.4) is 0 Å². The van der Waals surface area contributed by atoms with E-state index in [-0.39, 0.29) is 0 Å². The summed E-state index contributed by atoms with van der Waals surface area (Å²) in [6, 6.07) is 4.06. The van der Waals surface area contributed by atoms with E-state index in [2.05, 4.69) is 23.9 Å². The second kappa shape index (κ2) is 6.14. The summed E-state index contributed by atoms with van der Waals surface area (Å²) < 4.78 is 0. The van der Waals surface area contributed by atoms with Crippen LogP contribution >= 0.6 is 0 Å². The third kappa shape index (κ3) is 3.25. The van der Waals surface area contributed by atoms with Gasteiger partial charge >= 0.3 is 0 Å². The predicted molar refractivity (Wildman–Crippen MR) is 68.2 cm³/mol. The van der Waals surface area contributed by atoms with Crippen LogP contribution in [0.5, 0.6) is 0 Å². The fourth-order valence-electron chi connectivity index (χ4n) is 1.55. The van der Waals surface area contributed by atoms with Crippen LogP contribution in [0.4, 0.5) is 5.82 Å². The van der Waals surface area contributed by atoms with Crippen molar-refractivity contribution >= 4 is 5.82 Å². The number of aromatic nitrogens is 1. The second-order valence-electron chi connectivity index (χ2n) is 3.84. The van der Waals surface area contributed by atoms with E-state index in [4.69, 9.17) is 12.2 Å². The summed E-state index contributed by atoms with van der Waals surface area (Å²) in [4.78, 5) is 6.52. The molecule has 0 amide bonds. The van der Waals surface area contributed by atoms with Crippen molar-refractivity contribution in [2.24, 2.45) is 5.73 Å². The Morgan fingerprint density at radius 2 is 2.25 bits per heavy atom. The second-order valence-corrected chi connectivity index (χ2v) is 3.84. The molecule has 3 nitrogen and oxygen atoms in total. The van der Waals surface area contributed by atoms with Gasteiger partial charge in [0, 0.05) is 19.3 Å². The summed E-state index contributed by atoms with van der Waals surface area (Å²) in [5.74, 6) is 3.52. The minimum absolute atomic E-state index is 0.538. The third-order valence-electron chi connectivity index (χ3n) is 2.39. The lowest BCUT2D eigenvalue weighted by molar-refractivity contribution is 0.862. The lowest BCUT2D eigenvalue weighted by atomic mass is 10.1. The topological polar surface area (TPSA) is 42.1 Å². The highest BCUT2D eigenvalue weighted by Gasteiger charge is 2.05. The fourth-order valence-corrected chi connectivity index (χ4v) is 1.55. The van der Waals surface area contributed by atoms with Crippen molar-refractivity contribution in [3.8, 4) is 12.3 Å². The molecule has 0 saturated carbocycles. The quantitative estimate of drug-likeness (QED) is 0.761. The molecule has 0 unspecified atom stereocenters. The summed E-state index contributed by atoms with van der Waals surface area (Å²) in [5, 5.41) is 0. The van der Waals surface area contributed by atoms with Gasteiger partial charge in [-0.15, -0.1) is 6.42 Å². The van der Waals surface area contributed by atoms with E-state index in [1.807, 2.05) is 18.0 Å². The molecule has 1 heterocycles. The van der Waals surface area contributed by atoms with Gasteiger partial charge in [0.05, 0.1) is 6.54 Å². The van der Waals surface area contributed by atoms with Gasteiger partial charge in [-0.1, -0.05) is 19.3 Å². The lowest BCUT2D eigenvalue weighted by Gasteiger charge is -2.17. The molecule has 86 valence electrons. The summed E-state index contributed by atoms with van der Waals surface area (Å²) >= 11 is 0. The van der Waals surface area contributed by atoms with E-state index in [1.54, 1.807) is 0 Å². The standard InChI is InChI=1S/C13H19N3/c1-4-6-12-8-11(10-14)9-13(15-12)16(3)7-5-2/h2,8-9H,4,6-7,10,14H2,1,3H3. The Hall–Kier alpha value is -1.53. The van der Waals surface area contributed by atoms with Gasteiger partial charge in [-0.2, -0.15) is 0 Å². The van der Waals surface area contributed by atoms with E-state index in [1.165, 1.54) is 0 Å². The van der Waals surface area contributed by atoms with Crippen LogP contribution in [0.25, 0.3) is 0 Å². The van der Waals surface area contributed by atoms with Crippen molar-refractivity contribution < 1.29 is 0 Å². The Labute approximate surface area is 97.7 Å². The highest BCUT2D eigenvalue weighted by atomic mass is 15.2. The number of hydrogen-bond acceptors (Lipinski definition) is 3.